The molecule has 9 heteroatoms. The number of hydrazine groups is 1. The van der Waals surface area contributed by atoms with E-state index in [0.29, 0.717) is 11.4 Å². The summed E-state index contributed by atoms with van der Waals surface area (Å²) in [7, 11) is -2.82. The van der Waals surface area contributed by atoms with Crippen LogP contribution in [0.5, 0.6) is 0 Å². The van der Waals surface area contributed by atoms with Crippen molar-refractivity contribution in [3.05, 3.63) is 24.3 Å². The topological polar surface area (TPSA) is 121 Å². The maximum Gasteiger partial charge on any atom is 0.228 e. The fourth-order valence-corrected chi connectivity index (χ4v) is 6.02. The maximum absolute atomic E-state index is 12.7. The van der Waals surface area contributed by atoms with Crippen LogP contribution in [0.4, 0.5) is 5.69 Å². The molecule has 30 heavy (non-hydrogen) atoms. The summed E-state index contributed by atoms with van der Waals surface area (Å²) >= 11 is 0. The molecule has 4 rings (SSSR count). The summed E-state index contributed by atoms with van der Waals surface area (Å²) in [6.45, 7) is 4.23. The Labute approximate surface area is 178 Å². The highest BCUT2D eigenvalue weighted by molar-refractivity contribution is 7.93. The molecular weight excluding hydrogens is 400 g/mol. The molecule has 1 amide bonds. The van der Waals surface area contributed by atoms with Gasteiger partial charge in [0.05, 0.1) is 27.6 Å². The minimum Gasteiger partial charge on any atom is -0.368 e. The molecule has 1 aliphatic carbocycles. The number of rotatable bonds is 5. The highest BCUT2D eigenvalue weighted by Crippen LogP contribution is 2.37. The lowest BCUT2D eigenvalue weighted by atomic mass is 9.90. The monoisotopic (exact) mass is 430 g/mol. The van der Waals surface area contributed by atoms with Crippen LogP contribution in [0.2, 0.25) is 0 Å². The first-order valence-corrected chi connectivity index (χ1v) is 12.3. The molecule has 3 aliphatic rings. The normalized spacial score (nSPS) is 33.5. The Balaban J connectivity index is 1.55. The van der Waals surface area contributed by atoms with Crippen LogP contribution < -0.4 is 16.1 Å². The van der Waals surface area contributed by atoms with Gasteiger partial charge in [0.1, 0.15) is 6.17 Å². The van der Waals surface area contributed by atoms with Crippen LogP contribution in [-0.2, 0) is 14.5 Å². The number of piperidine rings is 1. The fraction of sp³-hybridized carbons (Fsp3) is 0.619. The van der Waals surface area contributed by atoms with Crippen LogP contribution >= 0.6 is 0 Å². The third-order valence-electron chi connectivity index (χ3n) is 6.65. The van der Waals surface area contributed by atoms with Gasteiger partial charge in [0.2, 0.25) is 5.91 Å². The number of nitrogens with one attached hydrogen (secondary N) is 4. The number of amides is 1. The summed E-state index contributed by atoms with van der Waals surface area (Å²) in [6.07, 6.45) is 3.47. The Hall–Kier alpha value is -2.15. The highest BCUT2D eigenvalue weighted by atomic mass is 32.2. The molecule has 5 unspecified atom stereocenters. The molecule has 1 saturated carbocycles. The molecule has 8 nitrogen and oxygen atoms in total. The average Bonchev–Trinajstić information content (AvgIpc) is 3.33. The number of hydrogen-bond acceptors (Lipinski definition) is 7. The van der Waals surface area contributed by atoms with Gasteiger partial charge in [-0.05, 0) is 57.4 Å². The first kappa shape index (κ1) is 21.1. The van der Waals surface area contributed by atoms with Crippen LogP contribution in [0, 0.1) is 27.9 Å². The van der Waals surface area contributed by atoms with E-state index in [1.54, 1.807) is 26.0 Å². The average molecular weight is 431 g/mol. The summed E-state index contributed by atoms with van der Waals surface area (Å²) < 4.78 is 20.7. The summed E-state index contributed by atoms with van der Waals surface area (Å²) in [6, 6.07) is 9.72. The quantitative estimate of drug-likeness (QED) is 0.569. The van der Waals surface area contributed by atoms with E-state index in [-0.39, 0.29) is 41.2 Å². The molecule has 0 bridgehead atoms. The van der Waals surface area contributed by atoms with Crippen molar-refractivity contribution in [1.82, 2.24) is 15.8 Å². The van der Waals surface area contributed by atoms with Crippen molar-refractivity contribution in [3.8, 4) is 6.07 Å². The Morgan fingerprint density at radius 1 is 1.23 bits per heavy atom. The second-order valence-electron chi connectivity index (χ2n) is 8.74. The zero-order chi connectivity index (χ0) is 21.5. The van der Waals surface area contributed by atoms with Gasteiger partial charge in [0, 0.05) is 34.5 Å². The van der Waals surface area contributed by atoms with Gasteiger partial charge in [-0.1, -0.05) is 6.42 Å². The lowest BCUT2D eigenvalue weighted by Crippen LogP contribution is -2.52. The smallest absolute Gasteiger partial charge is 0.228 e. The van der Waals surface area contributed by atoms with Crippen LogP contribution in [0.15, 0.2) is 29.2 Å². The standard InChI is InChI=1S/C21H30N6O2S/c1-13(2)30(23,29)16-8-6-15(7-9-16)25-20-19-18(10-11-24-21(19)28)27(26-20)17-5-3-4-14(17)12-22/h6-9,13-14,17-20,23,25-26H,3-5,10-11H2,1-2H3,(H,24,28)/t14-,17?,18?,19?,20?,30?/m1/s1. The maximum atomic E-state index is 12.7. The Kier molecular flexibility index (Phi) is 5.75. The van der Waals surface area contributed by atoms with Gasteiger partial charge in [-0.2, -0.15) is 5.26 Å². The number of nitrogens with zero attached hydrogens (tertiary/aromatic N) is 2. The number of carbonyl (C=O) groups is 1. The van der Waals surface area contributed by atoms with E-state index < -0.39 is 9.73 Å². The number of carbonyl (C=O) groups excluding carboxylic acids is 1. The number of benzene rings is 1. The summed E-state index contributed by atoms with van der Waals surface area (Å²) in [4.78, 5) is 13.2. The predicted molar refractivity (Wildman–Crippen MR) is 115 cm³/mol. The van der Waals surface area contributed by atoms with E-state index in [1.807, 2.05) is 12.1 Å². The van der Waals surface area contributed by atoms with Crippen LogP contribution in [0.1, 0.15) is 39.5 Å². The van der Waals surface area contributed by atoms with Gasteiger partial charge in [-0.15, -0.1) is 0 Å². The zero-order valence-corrected chi connectivity index (χ0v) is 18.2. The van der Waals surface area contributed by atoms with Crippen molar-refractivity contribution in [1.29, 1.82) is 10.0 Å². The summed E-state index contributed by atoms with van der Waals surface area (Å²) in [5.74, 6) is -0.243. The van der Waals surface area contributed by atoms with Crippen LogP contribution in [-0.4, -0.2) is 45.2 Å². The van der Waals surface area contributed by atoms with E-state index in [1.165, 1.54) is 0 Å². The molecular formula is C21H30N6O2S. The third-order valence-corrected chi connectivity index (χ3v) is 8.95. The Bertz CT molecular complexity index is 939. The Morgan fingerprint density at radius 3 is 2.63 bits per heavy atom. The molecule has 2 aliphatic heterocycles. The van der Waals surface area contributed by atoms with Crippen molar-refractivity contribution in [2.45, 2.75) is 67.9 Å². The predicted octanol–water partition coefficient (Wildman–Crippen LogP) is 2.26. The summed E-state index contributed by atoms with van der Waals surface area (Å²) in [5.41, 5.74) is 4.30. The van der Waals surface area contributed by atoms with Crippen molar-refractivity contribution >= 4 is 21.3 Å². The van der Waals surface area contributed by atoms with Crippen LogP contribution in [0.25, 0.3) is 0 Å². The van der Waals surface area contributed by atoms with Crippen molar-refractivity contribution in [2.75, 3.05) is 11.9 Å². The first-order valence-electron chi connectivity index (χ1n) is 10.7. The van der Waals surface area contributed by atoms with E-state index in [9.17, 15) is 14.3 Å². The molecule has 6 atom stereocenters. The Morgan fingerprint density at radius 2 is 1.97 bits per heavy atom. The lowest BCUT2D eigenvalue weighted by molar-refractivity contribution is -0.128. The molecule has 3 fully saturated rings. The summed E-state index contributed by atoms with van der Waals surface area (Å²) in [5, 5.41) is 17.8. The fourth-order valence-electron chi connectivity index (χ4n) is 4.93. The highest BCUT2D eigenvalue weighted by Gasteiger charge is 2.51. The van der Waals surface area contributed by atoms with Gasteiger partial charge in [0.25, 0.3) is 0 Å². The molecule has 0 aromatic heterocycles. The largest absolute Gasteiger partial charge is 0.368 e. The first-order chi connectivity index (χ1) is 14.3. The molecule has 1 aromatic rings. The van der Waals surface area contributed by atoms with E-state index in [4.69, 9.17) is 4.78 Å². The minimum absolute atomic E-state index is 0.0117. The van der Waals surface area contributed by atoms with Gasteiger partial charge >= 0.3 is 0 Å². The molecule has 0 radical (unpaired) electrons. The van der Waals surface area contributed by atoms with Gasteiger partial charge in [0.15, 0.2) is 0 Å². The van der Waals surface area contributed by atoms with Crippen molar-refractivity contribution < 1.29 is 9.00 Å². The number of anilines is 1. The molecule has 1 aromatic carbocycles. The van der Waals surface area contributed by atoms with Crippen molar-refractivity contribution in [2.24, 2.45) is 11.8 Å². The third kappa shape index (κ3) is 3.68. The number of fused-ring (bicyclic) bond motifs is 1. The zero-order valence-electron chi connectivity index (χ0n) is 17.4. The van der Waals surface area contributed by atoms with Crippen molar-refractivity contribution in [3.63, 3.8) is 0 Å². The molecule has 4 N–H and O–H groups in total. The van der Waals surface area contributed by atoms with Gasteiger partial charge in [-0.25, -0.2) is 19.4 Å². The number of hydrogen-bond donors (Lipinski definition) is 4. The van der Waals surface area contributed by atoms with E-state index >= 15 is 0 Å². The van der Waals surface area contributed by atoms with E-state index in [2.05, 4.69) is 27.1 Å². The molecule has 2 saturated heterocycles. The van der Waals surface area contributed by atoms with E-state index in [0.717, 1.165) is 31.4 Å². The van der Waals surface area contributed by atoms with Crippen LogP contribution in [0.3, 0.4) is 0 Å². The molecule has 0 spiro atoms. The second kappa shape index (κ2) is 8.17. The number of nitriles is 1. The molecule has 2 heterocycles. The minimum atomic E-state index is -2.82. The molecule has 162 valence electrons. The lowest BCUT2D eigenvalue weighted by Gasteiger charge is -2.35. The second-order valence-corrected chi connectivity index (χ2v) is 11.4. The van der Waals surface area contributed by atoms with Gasteiger partial charge in [-0.3, -0.25) is 4.79 Å². The van der Waals surface area contributed by atoms with Gasteiger partial charge < -0.3 is 10.6 Å². The SMILES string of the molecule is CC(C)S(=N)(=O)c1ccc(NC2NN(C3CCC[C@@H]3C#N)C3CCNC(=O)C23)cc1.